The summed E-state index contributed by atoms with van der Waals surface area (Å²) in [6, 6.07) is 4.54. The van der Waals surface area contributed by atoms with Crippen LogP contribution in [0.1, 0.15) is 11.3 Å². The van der Waals surface area contributed by atoms with Crippen molar-refractivity contribution in [3.63, 3.8) is 0 Å². The molecule has 1 aromatic carbocycles. The Morgan fingerprint density at radius 2 is 2.25 bits per heavy atom. The average molecular weight is 278 g/mol. The van der Waals surface area contributed by atoms with Crippen molar-refractivity contribution >= 4 is 5.69 Å². The van der Waals surface area contributed by atoms with E-state index in [2.05, 4.69) is 10.3 Å². The number of ether oxygens (including phenoxy) is 1. The molecule has 0 unspecified atom stereocenters. The molecule has 1 aromatic heterocycles. The Labute approximate surface area is 114 Å². The summed E-state index contributed by atoms with van der Waals surface area (Å²) in [5.41, 5.74) is 1.33. The number of hydrogen-bond donors (Lipinski definition) is 1. The maximum Gasteiger partial charge on any atom is 0.273 e. The fourth-order valence-corrected chi connectivity index (χ4v) is 1.79. The van der Waals surface area contributed by atoms with Crippen molar-refractivity contribution in [1.29, 1.82) is 0 Å². The third-order valence-electron chi connectivity index (χ3n) is 2.70. The zero-order valence-corrected chi connectivity index (χ0v) is 10.9. The van der Waals surface area contributed by atoms with Crippen molar-refractivity contribution in [1.82, 2.24) is 15.0 Å². The molecule has 0 fully saturated rings. The number of nitrogens with zero attached hydrogens (tertiary/aromatic N) is 4. The summed E-state index contributed by atoms with van der Waals surface area (Å²) in [5.74, 6) is 0.421. The zero-order valence-electron chi connectivity index (χ0n) is 10.9. The Morgan fingerprint density at radius 3 is 2.90 bits per heavy atom. The molecule has 0 atom stereocenters. The van der Waals surface area contributed by atoms with E-state index in [-0.39, 0.29) is 12.3 Å². The van der Waals surface area contributed by atoms with Gasteiger partial charge in [0.2, 0.25) is 0 Å². The minimum absolute atomic E-state index is 0.00330. The van der Waals surface area contributed by atoms with Crippen LogP contribution >= 0.6 is 0 Å². The SMILES string of the molecule is COc1cc(Cn2cc(CCO)nn2)cc([N+](=O)[O-])c1. The van der Waals surface area contributed by atoms with Gasteiger partial charge in [-0.3, -0.25) is 10.1 Å². The summed E-state index contributed by atoms with van der Waals surface area (Å²) in [6.07, 6.45) is 2.12. The Kier molecular flexibility index (Phi) is 4.26. The topological polar surface area (TPSA) is 103 Å². The van der Waals surface area contributed by atoms with Gasteiger partial charge in [0.25, 0.3) is 5.69 Å². The van der Waals surface area contributed by atoms with Gasteiger partial charge in [0, 0.05) is 25.3 Å². The van der Waals surface area contributed by atoms with Crippen LogP contribution in [0.15, 0.2) is 24.4 Å². The molecule has 0 spiro atoms. The van der Waals surface area contributed by atoms with E-state index in [1.54, 1.807) is 16.9 Å². The van der Waals surface area contributed by atoms with Crippen LogP contribution in [0.3, 0.4) is 0 Å². The molecule has 2 rings (SSSR count). The van der Waals surface area contributed by atoms with E-state index >= 15 is 0 Å². The van der Waals surface area contributed by atoms with Crippen LogP contribution in [0, 0.1) is 10.1 Å². The lowest BCUT2D eigenvalue weighted by Gasteiger charge is -2.05. The average Bonchev–Trinajstić information content (AvgIpc) is 2.86. The van der Waals surface area contributed by atoms with Crippen LogP contribution in [0.5, 0.6) is 5.75 Å². The van der Waals surface area contributed by atoms with Gasteiger partial charge in [-0.15, -0.1) is 5.10 Å². The summed E-state index contributed by atoms with van der Waals surface area (Å²) < 4.78 is 6.60. The lowest BCUT2D eigenvalue weighted by Crippen LogP contribution is -2.02. The second-order valence-corrected chi connectivity index (χ2v) is 4.18. The number of methoxy groups -OCH3 is 1. The Morgan fingerprint density at radius 1 is 1.45 bits per heavy atom. The first-order valence-electron chi connectivity index (χ1n) is 5.94. The number of aliphatic hydroxyl groups is 1. The molecule has 8 nitrogen and oxygen atoms in total. The summed E-state index contributed by atoms with van der Waals surface area (Å²) in [4.78, 5) is 10.4. The standard InChI is InChI=1S/C12H14N4O4/c1-20-12-5-9(4-11(6-12)16(18)19)7-15-8-10(2-3-17)13-14-15/h4-6,8,17H,2-3,7H2,1H3. The maximum absolute atomic E-state index is 10.9. The second kappa shape index (κ2) is 6.11. The molecule has 0 radical (unpaired) electrons. The molecule has 0 aliphatic carbocycles. The molecule has 1 N–H and O–H groups in total. The van der Waals surface area contributed by atoms with E-state index in [0.717, 1.165) is 0 Å². The molecule has 8 heteroatoms. The molecule has 2 aromatic rings. The number of nitro benzene ring substituents is 1. The van der Waals surface area contributed by atoms with Crippen LogP contribution < -0.4 is 4.74 Å². The second-order valence-electron chi connectivity index (χ2n) is 4.18. The summed E-state index contributed by atoms with van der Waals surface area (Å²) >= 11 is 0. The maximum atomic E-state index is 10.9. The number of non-ortho nitro benzene ring substituents is 1. The van der Waals surface area contributed by atoms with E-state index in [9.17, 15) is 10.1 Å². The fourth-order valence-electron chi connectivity index (χ4n) is 1.79. The number of aliphatic hydroxyl groups excluding tert-OH is 1. The predicted molar refractivity (Wildman–Crippen MR) is 69.6 cm³/mol. The molecule has 0 aliphatic heterocycles. The molecule has 0 amide bonds. The molecular weight excluding hydrogens is 264 g/mol. The van der Waals surface area contributed by atoms with Crippen molar-refractivity contribution in [2.24, 2.45) is 0 Å². The Bertz CT molecular complexity index is 611. The summed E-state index contributed by atoms with van der Waals surface area (Å²) in [7, 11) is 1.46. The van der Waals surface area contributed by atoms with Crippen LogP contribution in [-0.4, -0.2) is 38.7 Å². The number of benzene rings is 1. The van der Waals surface area contributed by atoms with Gasteiger partial charge in [-0.05, 0) is 11.6 Å². The van der Waals surface area contributed by atoms with Crippen LogP contribution in [0.2, 0.25) is 0 Å². The molecular formula is C12H14N4O4. The molecule has 0 saturated carbocycles. The first-order chi connectivity index (χ1) is 9.62. The van der Waals surface area contributed by atoms with Crippen molar-refractivity contribution in [3.8, 4) is 5.75 Å². The highest BCUT2D eigenvalue weighted by molar-refractivity contribution is 5.42. The van der Waals surface area contributed by atoms with E-state index in [1.165, 1.54) is 19.2 Å². The van der Waals surface area contributed by atoms with Crippen molar-refractivity contribution < 1.29 is 14.8 Å². The molecule has 0 bridgehead atoms. The quantitative estimate of drug-likeness (QED) is 0.618. The van der Waals surface area contributed by atoms with Gasteiger partial charge >= 0.3 is 0 Å². The van der Waals surface area contributed by atoms with Crippen molar-refractivity contribution in [2.75, 3.05) is 13.7 Å². The first-order valence-corrected chi connectivity index (χ1v) is 5.94. The van der Waals surface area contributed by atoms with Crippen LogP contribution in [0.25, 0.3) is 0 Å². The molecule has 106 valence electrons. The molecule has 0 aliphatic rings. The van der Waals surface area contributed by atoms with E-state index in [4.69, 9.17) is 9.84 Å². The van der Waals surface area contributed by atoms with Gasteiger partial charge < -0.3 is 9.84 Å². The van der Waals surface area contributed by atoms with E-state index < -0.39 is 4.92 Å². The van der Waals surface area contributed by atoms with Gasteiger partial charge in [0.1, 0.15) is 5.75 Å². The molecule has 1 heterocycles. The Balaban J connectivity index is 2.22. The lowest BCUT2D eigenvalue weighted by molar-refractivity contribution is -0.385. The van der Waals surface area contributed by atoms with Crippen molar-refractivity contribution in [2.45, 2.75) is 13.0 Å². The highest BCUT2D eigenvalue weighted by atomic mass is 16.6. The van der Waals surface area contributed by atoms with E-state index in [1.807, 2.05) is 0 Å². The normalized spacial score (nSPS) is 10.5. The predicted octanol–water partition coefficient (Wildman–Crippen LogP) is 0.778. The number of aromatic nitrogens is 3. The number of nitro groups is 1. The minimum Gasteiger partial charge on any atom is -0.496 e. The summed E-state index contributed by atoms with van der Waals surface area (Å²) in [5, 5.41) is 27.5. The summed E-state index contributed by atoms with van der Waals surface area (Å²) in [6.45, 7) is 0.347. The smallest absolute Gasteiger partial charge is 0.273 e. The fraction of sp³-hybridized carbons (Fsp3) is 0.333. The zero-order chi connectivity index (χ0) is 14.5. The first kappa shape index (κ1) is 13.9. The monoisotopic (exact) mass is 278 g/mol. The third-order valence-corrected chi connectivity index (χ3v) is 2.70. The molecule has 0 saturated heterocycles. The highest BCUT2D eigenvalue weighted by Gasteiger charge is 2.11. The van der Waals surface area contributed by atoms with Gasteiger partial charge in [0.15, 0.2) is 0 Å². The molecule has 20 heavy (non-hydrogen) atoms. The van der Waals surface area contributed by atoms with Crippen LogP contribution in [-0.2, 0) is 13.0 Å². The highest BCUT2D eigenvalue weighted by Crippen LogP contribution is 2.23. The largest absolute Gasteiger partial charge is 0.496 e. The van der Waals surface area contributed by atoms with Gasteiger partial charge in [-0.25, -0.2) is 4.68 Å². The lowest BCUT2D eigenvalue weighted by atomic mass is 10.2. The van der Waals surface area contributed by atoms with Crippen molar-refractivity contribution in [3.05, 3.63) is 45.8 Å². The number of rotatable bonds is 6. The number of hydrogen-bond acceptors (Lipinski definition) is 6. The van der Waals surface area contributed by atoms with E-state index in [0.29, 0.717) is 30.0 Å². The van der Waals surface area contributed by atoms with Gasteiger partial charge in [0.05, 0.1) is 30.3 Å². The van der Waals surface area contributed by atoms with Gasteiger partial charge in [-0.1, -0.05) is 5.21 Å². The van der Waals surface area contributed by atoms with Gasteiger partial charge in [-0.2, -0.15) is 0 Å². The van der Waals surface area contributed by atoms with Crippen LogP contribution in [0.4, 0.5) is 5.69 Å². The Hall–Kier alpha value is -2.48. The third kappa shape index (κ3) is 3.29. The minimum atomic E-state index is -0.468.